The summed E-state index contributed by atoms with van der Waals surface area (Å²) in [7, 11) is 0. The molecule has 1 aromatic heterocycles. The summed E-state index contributed by atoms with van der Waals surface area (Å²) in [5.41, 5.74) is -0.226. The number of rotatable bonds is 5. The number of aliphatic hydroxyl groups is 1. The average Bonchev–Trinajstić information content (AvgIpc) is 2.23. The van der Waals surface area contributed by atoms with Crippen LogP contribution < -0.4 is 5.56 Å². The molecule has 0 aliphatic carbocycles. The first-order valence-corrected chi connectivity index (χ1v) is 6.02. The van der Waals surface area contributed by atoms with E-state index in [-0.39, 0.29) is 25.1 Å². The first-order chi connectivity index (χ1) is 8.02. The summed E-state index contributed by atoms with van der Waals surface area (Å²) in [6.45, 7) is 2.04. The van der Waals surface area contributed by atoms with E-state index in [2.05, 4.69) is 15.9 Å². The van der Waals surface area contributed by atoms with Gasteiger partial charge in [-0.3, -0.25) is 9.59 Å². The first-order valence-electron chi connectivity index (χ1n) is 5.22. The van der Waals surface area contributed by atoms with Gasteiger partial charge in [-0.2, -0.15) is 0 Å². The minimum atomic E-state index is -0.930. The minimum Gasteiger partial charge on any atom is -0.466 e. The number of carbonyl (C=O) groups excluding carboxylic acids is 1. The fourth-order valence-corrected chi connectivity index (χ4v) is 1.73. The van der Waals surface area contributed by atoms with E-state index in [9.17, 15) is 14.7 Å². The molecule has 6 heteroatoms. The van der Waals surface area contributed by atoms with Gasteiger partial charge in [0, 0.05) is 16.7 Å². The van der Waals surface area contributed by atoms with Crippen molar-refractivity contribution in [3.05, 3.63) is 33.2 Å². The standard InChI is InChI=1S/C11H14BrNO4/c1-2-17-11(16)5-9(14)7-13-6-8(12)3-4-10(13)15/h3-4,6,9,14H,2,5,7H2,1H3. The van der Waals surface area contributed by atoms with Crippen molar-refractivity contribution in [3.8, 4) is 0 Å². The lowest BCUT2D eigenvalue weighted by Gasteiger charge is -2.12. The van der Waals surface area contributed by atoms with Crippen LogP contribution in [0.1, 0.15) is 13.3 Å². The van der Waals surface area contributed by atoms with Gasteiger partial charge in [0.1, 0.15) is 0 Å². The molecule has 1 rings (SSSR count). The molecule has 0 aliphatic heterocycles. The number of hydrogen-bond acceptors (Lipinski definition) is 4. The summed E-state index contributed by atoms with van der Waals surface area (Å²) in [5, 5.41) is 9.64. The highest BCUT2D eigenvalue weighted by atomic mass is 79.9. The molecule has 0 radical (unpaired) electrons. The maximum atomic E-state index is 11.4. The van der Waals surface area contributed by atoms with Crippen molar-refractivity contribution in [1.29, 1.82) is 0 Å². The monoisotopic (exact) mass is 303 g/mol. The van der Waals surface area contributed by atoms with Gasteiger partial charge in [-0.1, -0.05) is 0 Å². The molecule has 0 bridgehead atoms. The van der Waals surface area contributed by atoms with Gasteiger partial charge in [0.25, 0.3) is 5.56 Å². The second-order valence-electron chi connectivity index (χ2n) is 3.50. The molecule has 5 nitrogen and oxygen atoms in total. The van der Waals surface area contributed by atoms with Crippen LogP contribution in [0.3, 0.4) is 0 Å². The van der Waals surface area contributed by atoms with Crippen molar-refractivity contribution in [2.24, 2.45) is 0 Å². The zero-order valence-electron chi connectivity index (χ0n) is 9.43. The van der Waals surface area contributed by atoms with Crippen LogP contribution in [0.15, 0.2) is 27.6 Å². The van der Waals surface area contributed by atoms with Crippen LogP contribution in [0.25, 0.3) is 0 Å². The highest BCUT2D eigenvalue weighted by molar-refractivity contribution is 9.10. The van der Waals surface area contributed by atoms with Crippen LogP contribution in [-0.2, 0) is 16.1 Å². The highest BCUT2D eigenvalue weighted by Crippen LogP contribution is 2.06. The van der Waals surface area contributed by atoms with Crippen molar-refractivity contribution in [2.45, 2.75) is 26.0 Å². The number of esters is 1. The van der Waals surface area contributed by atoms with Crippen LogP contribution >= 0.6 is 15.9 Å². The lowest BCUT2D eigenvalue weighted by atomic mass is 10.2. The van der Waals surface area contributed by atoms with Crippen molar-refractivity contribution < 1.29 is 14.6 Å². The molecule has 0 spiro atoms. The molecular weight excluding hydrogens is 290 g/mol. The number of ether oxygens (including phenoxy) is 1. The zero-order valence-corrected chi connectivity index (χ0v) is 11.0. The fourth-order valence-electron chi connectivity index (χ4n) is 1.35. The number of nitrogens with zero attached hydrogens (tertiary/aromatic N) is 1. The predicted octanol–water partition coefficient (Wildman–Crippen LogP) is 0.925. The van der Waals surface area contributed by atoms with E-state index in [0.717, 1.165) is 4.47 Å². The Morgan fingerprint density at radius 1 is 1.59 bits per heavy atom. The van der Waals surface area contributed by atoms with E-state index in [4.69, 9.17) is 4.74 Å². The number of hydrogen-bond donors (Lipinski definition) is 1. The first kappa shape index (κ1) is 13.9. The summed E-state index contributed by atoms with van der Waals surface area (Å²) < 4.78 is 6.79. The van der Waals surface area contributed by atoms with Crippen LogP contribution in [0, 0.1) is 0 Å². The largest absolute Gasteiger partial charge is 0.466 e. The SMILES string of the molecule is CCOC(=O)CC(O)Cn1cc(Br)ccc1=O. The lowest BCUT2D eigenvalue weighted by molar-refractivity contribution is -0.145. The molecule has 1 unspecified atom stereocenters. The Hall–Kier alpha value is -1.14. The van der Waals surface area contributed by atoms with Gasteiger partial charge >= 0.3 is 5.97 Å². The maximum absolute atomic E-state index is 11.4. The van der Waals surface area contributed by atoms with E-state index in [1.54, 1.807) is 19.2 Å². The Kier molecular flexibility index (Phi) is 5.37. The quantitative estimate of drug-likeness (QED) is 0.822. The van der Waals surface area contributed by atoms with E-state index in [1.165, 1.54) is 10.6 Å². The minimum absolute atomic E-state index is 0.0666. The fraction of sp³-hybridized carbons (Fsp3) is 0.455. The summed E-state index contributed by atoms with van der Waals surface area (Å²) in [4.78, 5) is 22.5. The predicted molar refractivity (Wildman–Crippen MR) is 65.7 cm³/mol. The maximum Gasteiger partial charge on any atom is 0.308 e. The third kappa shape index (κ3) is 4.70. The molecule has 1 atom stereocenters. The van der Waals surface area contributed by atoms with Crippen LogP contribution in [0.2, 0.25) is 0 Å². The third-order valence-electron chi connectivity index (χ3n) is 2.06. The molecule has 17 heavy (non-hydrogen) atoms. The van der Waals surface area contributed by atoms with Gasteiger partial charge in [0.2, 0.25) is 0 Å². The Morgan fingerprint density at radius 3 is 2.94 bits per heavy atom. The number of aliphatic hydroxyl groups excluding tert-OH is 1. The Labute approximate surface area is 107 Å². The molecule has 1 aromatic rings. The average molecular weight is 304 g/mol. The van der Waals surface area contributed by atoms with Gasteiger partial charge in [-0.25, -0.2) is 0 Å². The summed E-state index contributed by atoms with van der Waals surface area (Å²) in [6.07, 6.45) is 0.518. The van der Waals surface area contributed by atoms with Gasteiger partial charge < -0.3 is 14.4 Å². The van der Waals surface area contributed by atoms with Gasteiger partial charge in [0.05, 0.1) is 25.7 Å². The number of halogens is 1. The van der Waals surface area contributed by atoms with Crippen molar-refractivity contribution in [2.75, 3.05) is 6.61 Å². The number of aromatic nitrogens is 1. The Balaban J connectivity index is 2.61. The molecule has 1 heterocycles. The molecule has 0 fully saturated rings. The van der Waals surface area contributed by atoms with E-state index >= 15 is 0 Å². The summed E-state index contributed by atoms with van der Waals surface area (Å²) in [6, 6.07) is 3.01. The van der Waals surface area contributed by atoms with E-state index < -0.39 is 12.1 Å². The second-order valence-corrected chi connectivity index (χ2v) is 4.42. The van der Waals surface area contributed by atoms with Gasteiger partial charge in [-0.15, -0.1) is 0 Å². The Morgan fingerprint density at radius 2 is 2.29 bits per heavy atom. The highest BCUT2D eigenvalue weighted by Gasteiger charge is 2.12. The molecular formula is C11H14BrNO4. The zero-order chi connectivity index (χ0) is 12.8. The van der Waals surface area contributed by atoms with E-state index in [1.807, 2.05) is 0 Å². The van der Waals surface area contributed by atoms with E-state index in [0.29, 0.717) is 0 Å². The summed E-state index contributed by atoms with van der Waals surface area (Å²) >= 11 is 3.23. The van der Waals surface area contributed by atoms with Gasteiger partial charge in [0.15, 0.2) is 0 Å². The van der Waals surface area contributed by atoms with Crippen LogP contribution in [0.4, 0.5) is 0 Å². The topological polar surface area (TPSA) is 68.5 Å². The summed E-state index contributed by atoms with van der Waals surface area (Å²) in [5.74, 6) is -0.469. The van der Waals surface area contributed by atoms with Crippen molar-refractivity contribution in [1.82, 2.24) is 4.57 Å². The van der Waals surface area contributed by atoms with Crippen molar-refractivity contribution in [3.63, 3.8) is 0 Å². The normalized spacial score (nSPS) is 12.2. The molecule has 0 saturated heterocycles. The van der Waals surface area contributed by atoms with Crippen LogP contribution in [0.5, 0.6) is 0 Å². The lowest BCUT2D eigenvalue weighted by Crippen LogP contribution is -2.27. The Bertz CT molecular complexity index is 443. The number of carbonyl (C=O) groups is 1. The smallest absolute Gasteiger partial charge is 0.308 e. The molecule has 94 valence electrons. The second kappa shape index (κ2) is 6.56. The molecule has 0 aromatic carbocycles. The molecule has 0 amide bonds. The van der Waals surface area contributed by atoms with Crippen LogP contribution in [-0.4, -0.2) is 28.4 Å². The molecule has 1 N–H and O–H groups in total. The molecule has 0 aliphatic rings. The third-order valence-corrected chi connectivity index (χ3v) is 2.53. The van der Waals surface area contributed by atoms with Gasteiger partial charge in [-0.05, 0) is 28.9 Å². The number of pyridine rings is 1. The molecule has 0 saturated carbocycles. The van der Waals surface area contributed by atoms with Crippen molar-refractivity contribution >= 4 is 21.9 Å².